The SMILES string of the molecule is CCCc1cccc(C2CCCCC2)c1.CNC(=O)C1CN(C(=O)C2=CN(Cc3ccccc3)NC2)CC12CN(C(=O)C1CC1(F)F)C2.OO. The third-order valence-corrected chi connectivity index (χ3v) is 10.8. The molecule has 2 aromatic rings. The maximum Gasteiger partial charge on any atom is 0.260 e. The molecule has 0 aromatic heterocycles. The second-order valence-electron chi connectivity index (χ2n) is 14.4. The highest BCUT2D eigenvalue weighted by molar-refractivity contribution is 5.95. The number of benzene rings is 2. The van der Waals surface area contributed by atoms with Crippen LogP contribution in [0.2, 0.25) is 0 Å². The van der Waals surface area contributed by atoms with Gasteiger partial charge in [-0.15, -0.1) is 0 Å². The van der Waals surface area contributed by atoms with Crippen molar-refractivity contribution in [3.05, 3.63) is 83.1 Å². The van der Waals surface area contributed by atoms with Crippen molar-refractivity contribution in [2.75, 3.05) is 39.8 Å². The third kappa shape index (κ3) is 8.52. The molecule has 12 heteroatoms. The highest BCUT2D eigenvalue weighted by Crippen LogP contribution is 2.52. The second-order valence-corrected chi connectivity index (χ2v) is 14.4. The van der Waals surface area contributed by atoms with Crippen molar-refractivity contribution >= 4 is 17.7 Å². The van der Waals surface area contributed by atoms with E-state index in [2.05, 4.69) is 41.9 Å². The predicted octanol–water partition coefficient (Wildman–Crippen LogP) is 5.28. The molecule has 1 spiro atoms. The van der Waals surface area contributed by atoms with Crippen molar-refractivity contribution in [1.82, 2.24) is 25.6 Å². The molecule has 272 valence electrons. The van der Waals surface area contributed by atoms with Gasteiger partial charge in [0.1, 0.15) is 5.92 Å². The van der Waals surface area contributed by atoms with Crippen LogP contribution >= 0.6 is 0 Å². The summed E-state index contributed by atoms with van der Waals surface area (Å²) in [5.41, 5.74) is 7.43. The van der Waals surface area contributed by atoms with Crippen LogP contribution in [0.4, 0.5) is 8.78 Å². The van der Waals surface area contributed by atoms with E-state index in [1.807, 2.05) is 35.3 Å². The Morgan fingerprint density at radius 3 is 2.22 bits per heavy atom. The van der Waals surface area contributed by atoms with Crippen molar-refractivity contribution in [2.45, 2.75) is 76.7 Å². The van der Waals surface area contributed by atoms with E-state index in [1.54, 1.807) is 16.7 Å². The molecule has 0 radical (unpaired) electrons. The molecule has 50 heavy (non-hydrogen) atoms. The first-order valence-corrected chi connectivity index (χ1v) is 17.8. The fourth-order valence-electron chi connectivity index (χ4n) is 7.96. The number of likely N-dealkylation sites (tertiary alicyclic amines) is 2. The zero-order valence-corrected chi connectivity index (χ0v) is 29.1. The summed E-state index contributed by atoms with van der Waals surface area (Å²) in [6.45, 7) is 4.27. The lowest BCUT2D eigenvalue weighted by Gasteiger charge is -2.50. The van der Waals surface area contributed by atoms with Gasteiger partial charge in [-0.1, -0.05) is 87.2 Å². The number of hydrogen-bond acceptors (Lipinski definition) is 7. The maximum absolute atomic E-state index is 13.3. The third-order valence-electron chi connectivity index (χ3n) is 10.8. The van der Waals surface area contributed by atoms with E-state index in [4.69, 9.17) is 10.5 Å². The molecule has 0 bridgehead atoms. The smallest absolute Gasteiger partial charge is 0.260 e. The van der Waals surface area contributed by atoms with Crippen LogP contribution in [-0.2, 0) is 27.3 Å². The molecule has 3 amide bonds. The number of rotatable bonds is 8. The highest BCUT2D eigenvalue weighted by atomic mass is 19.3. The van der Waals surface area contributed by atoms with E-state index in [0.717, 1.165) is 11.5 Å². The van der Waals surface area contributed by atoms with Gasteiger partial charge in [-0.3, -0.25) is 24.9 Å². The standard InChI is InChI=1S/C23H27F2N5O3.C15H22.H2O2/c1-26-19(31)18-11-28(12-22(18)13-29(14-22)21(33)17-7-23(17,24)25)20(32)16-8-27-30(10-16)9-15-5-3-2-4-6-15;1-2-7-13-8-6-11-15(12-13)14-9-4-3-5-10-14;1-2/h2-6,10,17-18,27H,7-9,11-14H2,1H3,(H,26,31);6,8,11-12,14H,2-5,7,9-10H2,1H3;1-2H. The molecule has 2 aliphatic carbocycles. The number of amides is 3. The van der Waals surface area contributed by atoms with E-state index in [9.17, 15) is 23.2 Å². The summed E-state index contributed by atoms with van der Waals surface area (Å²) in [4.78, 5) is 41.2. The molecule has 2 saturated carbocycles. The number of hydrogen-bond donors (Lipinski definition) is 4. The summed E-state index contributed by atoms with van der Waals surface area (Å²) in [6, 6.07) is 19.2. The van der Waals surface area contributed by atoms with Crippen LogP contribution in [0.1, 0.15) is 74.5 Å². The molecular weight excluding hydrogens is 644 g/mol. The summed E-state index contributed by atoms with van der Waals surface area (Å²) >= 11 is 0. The number of nitrogens with zero attached hydrogens (tertiary/aromatic N) is 3. The minimum atomic E-state index is -2.91. The van der Waals surface area contributed by atoms with Gasteiger partial charge in [-0.2, -0.15) is 0 Å². The van der Waals surface area contributed by atoms with Gasteiger partial charge in [0, 0.05) is 57.8 Å². The van der Waals surface area contributed by atoms with Crippen molar-refractivity contribution in [3.63, 3.8) is 0 Å². The first kappa shape index (κ1) is 37.4. The first-order valence-electron chi connectivity index (χ1n) is 17.8. The Morgan fingerprint density at radius 2 is 1.58 bits per heavy atom. The van der Waals surface area contributed by atoms with Crippen LogP contribution in [0.3, 0.4) is 0 Å². The van der Waals surface area contributed by atoms with Gasteiger partial charge in [0.2, 0.25) is 11.8 Å². The number of alkyl halides is 2. The lowest BCUT2D eigenvalue weighted by Crippen LogP contribution is -2.64. The summed E-state index contributed by atoms with van der Waals surface area (Å²) in [5.74, 6) is -4.67. The maximum atomic E-state index is 13.3. The number of halogens is 2. The lowest BCUT2D eigenvalue weighted by atomic mass is 9.71. The Balaban J connectivity index is 0.000000239. The molecule has 3 aliphatic heterocycles. The van der Waals surface area contributed by atoms with E-state index in [1.165, 1.54) is 62.5 Å². The fourth-order valence-corrected chi connectivity index (χ4v) is 7.96. The van der Waals surface area contributed by atoms with Crippen LogP contribution in [0, 0.1) is 17.3 Å². The van der Waals surface area contributed by atoms with Crippen LogP contribution in [0.15, 0.2) is 66.4 Å². The van der Waals surface area contributed by atoms with Crippen LogP contribution in [0.5, 0.6) is 0 Å². The van der Waals surface area contributed by atoms with E-state index >= 15 is 0 Å². The number of hydrazine groups is 1. The van der Waals surface area contributed by atoms with E-state index in [0.29, 0.717) is 25.2 Å². The number of nitrogens with one attached hydrogen (secondary N) is 2. The van der Waals surface area contributed by atoms with Gasteiger partial charge in [0.25, 0.3) is 11.8 Å². The molecule has 3 heterocycles. The quantitative estimate of drug-likeness (QED) is 0.219. The van der Waals surface area contributed by atoms with E-state index in [-0.39, 0.29) is 31.4 Å². The number of carbonyl (C=O) groups excluding carboxylic acids is 3. The summed E-state index contributed by atoms with van der Waals surface area (Å²) in [5, 5.41) is 16.5. The highest BCUT2D eigenvalue weighted by Gasteiger charge is 2.66. The number of aryl methyl sites for hydroxylation is 1. The Kier molecular flexibility index (Phi) is 12.3. The normalized spacial score (nSPS) is 23.2. The molecule has 4 N–H and O–H groups in total. The van der Waals surface area contributed by atoms with Crippen molar-refractivity contribution in [1.29, 1.82) is 0 Å². The summed E-state index contributed by atoms with van der Waals surface area (Å²) < 4.78 is 26.7. The molecule has 2 unspecified atom stereocenters. The Labute approximate surface area is 293 Å². The van der Waals surface area contributed by atoms with Crippen LogP contribution < -0.4 is 10.7 Å². The molecule has 4 fully saturated rings. The molecule has 2 atom stereocenters. The summed E-state index contributed by atoms with van der Waals surface area (Å²) in [6.07, 6.45) is 11.0. The fraction of sp³-hybridized carbons (Fsp3) is 0.553. The topological polar surface area (TPSA) is 125 Å². The number of carbonyl (C=O) groups is 3. The van der Waals surface area contributed by atoms with Gasteiger partial charge in [0.15, 0.2) is 0 Å². The zero-order chi connectivity index (χ0) is 35.9. The van der Waals surface area contributed by atoms with Crippen LogP contribution in [0.25, 0.3) is 0 Å². The van der Waals surface area contributed by atoms with Crippen molar-refractivity contribution in [3.8, 4) is 0 Å². The van der Waals surface area contributed by atoms with Crippen molar-refractivity contribution in [2.24, 2.45) is 17.3 Å². The second kappa shape index (κ2) is 16.4. The van der Waals surface area contributed by atoms with Crippen molar-refractivity contribution < 1.29 is 33.7 Å². The molecular formula is C38H51F2N5O5. The predicted molar refractivity (Wildman–Crippen MR) is 186 cm³/mol. The van der Waals surface area contributed by atoms with Gasteiger partial charge in [0.05, 0.1) is 18.0 Å². The molecule has 10 nitrogen and oxygen atoms in total. The molecule has 2 saturated heterocycles. The average molecular weight is 696 g/mol. The minimum Gasteiger partial charge on any atom is -0.359 e. The average Bonchev–Trinajstić information content (AvgIpc) is 3.43. The Hall–Kier alpha value is -3.87. The lowest BCUT2D eigenvalue weighted by molar-refractivity contribution is -0.176. The molecule has 5 aliphatic rings. The molecule has 2 aromatic carbocycles. The van der Waals surface area contributed by atoms with Gasteiger partial charge < -0.3 is 20.1 Å². The monoisotopic (exact) mass is 695 g/mol. The van der Waals surface area contributed by atoms with Crippen LogP contribution in [-0.4, -0.2) is 88.7 Å². The first-order chi connectivity index (χ1) is 24.1. The zero-order valence-electron chi connectivity index (χ0n) is 29.1. The van der Waals surface area contributed by atoms with E-state index < -0.39 is 35.5 Å². The minimum absolute atomic E-state index is 0.151. The summed E-state index contributed by atoms with van der Waals surface area (Å²) in [7, 11) is 1.54. The van der Waals surface area contributed by atoms with Gasteiger partial charge in [-0.05, 0) is 41.9 Å². The van der Waals surface area contributed by atoms with Gasteiger partial charge >= 0.3 is 0 Å². The Morgan fingerprint density at radius 1 is 0.920 bits per heavy atom. The Bertz CT molecular complexity index is 1510. The van der Waals surface area contributed by atoms with Gasteiger partial charge in [-0.25, -0.2) is 14.2 Å². The molecule has 7 rings (SSSR count). The largest absolute Gasteiger partial charge is 0.359 e.